The number of hydrogen-bond acceptors (Lipinski definition) is 4. The van der Waals surface area contributed by atoms with Gasteiger partial charge in [-0.05, 0) is 45.2 Å². The summed E-state index contributed by atoms with van der Waals surface area (Å²) in [5.41, 5.74) is 0.0249. The van der Waals surface area contributed by atoms with E-state index in [2.05, 4.69) is 50.0 Å². The van der Waals surface area contributed by atoms with Crippen LogP contribution in [-0.4, -0.2) is 36.8 Å². The Bertz CT molecular complexity index is 442. The Kier molecular flexibility index (Phi) is 4.53. The van der Waals surface area contributed by atoms with E-state index in [1.807, 2.05) is 6.07 Å². The lowest BCUT2D eigenvalue weighted by Gasteiger charge is -2.37. The van der Waals surface area contributed by atoms with Crippen LogP contribution in [0.5, 0.6) is 0 Å². The fourth-order valence-electron chi connectivity index (χ4n) is 2.60. The summed E-state index contributed by atoms with van der Waals surface area (Å²) in [6.07, 6.45) is 1.45. The standard InChI is InChI=1S/C16H27N3O/c1-12-9-10-19(11-13(12)20-5)15-8-6-7-14(17-15)18-16(2,3)4/h6-8,12-13H,9-11H2,1-5H3,(H,17,18). The number of ether oxygens (including phenoxy) is 1. The number of hydrogen-bond donors (Lipinski definition) is 1. The lowest BCUT2D eigenvalue weighted by molar-refractivity contribution is 0.0496. The molecule has 0 radical (unpaired) electrons. The number of piperidine rings is 1. The smallest absolute Gasteiger partial charge is 0.131 e. The molecule has 2 rings (SSSR count). The van der Waals surface area contributed by atoms with Gasteiger partial charge in [-0.3, -0.25) is 0 Å². The van der Waals surface area contributed by atoms with Gasteiger partial charge in [-0.15, -0.1) is 0 Å². The van der Waals surface area contributed by atoms with Crippen LogP contribution in [0.1, 0.15) is 34.1 Å². The first-order chi connectivity index (χ1) is 9.39. The molecule has 0 aromatic carbocycles. The van der Waals surface area contributed by atoms with Crippen molar-refractivity contribution in [2.45, 2.75) is 45.8 Å². The third-order valence-corrected chi connectivity index (χ3v) is 3.75. The SMILES string of the molecule is COC1CN(c2cccc(NC(C)(C)C)n2)CCC1C. The normalized spacial score (nSPS) is 23.8. The molecule has 0 saturated carbocycles. The van der Waals surface area contributed by atoms with E-state index in [9.17, 15) is 0 Å². The van der Waals surface area contributed by atoms with Crippen molar-refractivity contribution in [2.75, 3.05) is 30.4 Å². The zero-order valence-electron chi connectivity index (χ0n) is 13.3. The van der Waals surface area contributed by atoms with E-state index < -0.39 is 0 Å². The van der Waals surface area contributed by atoms with Crippen LogP contribution in [0.2, 0.25) is 0 Å². The van der Waals surface area contributed by atoms with Crippen LogP contribution >= 0.6 is 0 Å². The van der Waals surface area contributed by atoms with E-state index in [-0.39, 0.29) is 5.54 Å². The van der Waals surface area contributed by atoms with Crippen LogP contribution in [-0.2, 0) is 4.74 Å². The number of pyridine rings is 1. The van der Waals surface area contributed by atoms with Gasteiger partial charge < -0.3 is 15.0 Å². The molecular weight excluding hydrogens is 250 g/mol. The summed E-state index contributed by atoms with van der Waals surface area (Å²) in [4.78, 5) is 7.06. The van der Waals surface area contributed by atoms with Gasteiger partial charge in [-0.25, -0.2) is 4.98 Å². The van der Waals surface area contributed by atoms with E-state index in [4.69, 9.17) is 9.72 Å². The van der Waals surface area contributed by atoms with Gasteiger partial charge in [-0.2, -0.15) is 0 Å². The molecule has 0 amide bonds. The van der Waals surface area contributed by atoms with Gasteiger partial charge in [0.2, 0.25) is 0 Å². The van der Waals surface area contributed by atoms with E-state index in [0.29, 0.717) is 12.0 Å². The molecule has 1 aromatic heterocycles. The van der Waals surface area contributed by atoms with E-state index in [1.165, 1.54) is 0 Å². The first kappa shape index (κ1) is 15.1. The summed E-state index contributed by atoms with van der Waals surface area (Å²) in [5, 5.41) is 3.43. The second-order valence-corrected chi connectivity index (χ2v) is 6.74. The first-order valence-electron chi connectivity index (χ1n) is 7.42. The van der Waals surface area contributed by atoms with Crippen molar-refractivity contribution in [1.29, 1.82) is 0 Å². The van der Waals surface area contributed by atoms with E-state index >= 15 is 0 Å². The third kappa shape index (κ3) is 3.85. The molecule has 1 aliphatic heterocycles. The highest BCUT2D eigenvalue weighted by Gasteiger charge is 2.26. The summed E-state index contributed by atoms with van der Waals surface area (Å²) in [6, 6.07) is 6.17. The summed E-state index contributed by atoms with van der Waals surface area (Å²) in [6.45, 7) is 10.7. The highest BCUT2D eigenvalue weighted by Crippen LogP contribution is 2.25. The summed E-state index contributed by atoms with van der Waals surface area (Å²) >= 11 is 0. The molecule has 2 atom stereocenters. The second-order valence-electron chi connectivity index (χ2n) is 6.74. The Morgan fingerprint density at radius 3 is 2.75 bits per heavy atom. The van der Waals surface area contributed by atoms with Gasteiger partial charge in [0.1, 0.15) is 11.6 Å². The second kappa shape index (κ2) is 6.00. The van der Waals surface area contributed by atoms with Gasteiger partial charge in [0.15, 0.2) is 0 Å². The highest BCUT2D eigenvalue weighted by atomic mass is 16.5. The number of methoxy groups -OCH3 is 1. The predicted octanol–water partition coefficient (Wildman–Crippen LogP) is 3.15. The molecule has 1 saturated heterocycles. The average Bonchev–Trinajstić information content (AvgIpc) is 2.37. The van der Waals surface area contributed by atoms with Crippen molar-refractivity contribution in [3.05, 3.63) is 18.2 Å². The van der Waals surface area contributed by atoms with Gasteiger partial charge in [-0.1, -0.05) is 13.0 Å². The zero-order chi connectivity index (χ0) is 14.8. The monoisotopic (exact) mass is 277 g/mol. The number of rotatable bonds is 3. The molecule has 1 aromatic rings. The van der Waals surface area contributed by atoms with Crippen molar-refractivity contribution in [2.24, 2.45) is 5.92 Å². The molecule has 1 N–H and O–H groups in total. The molecule has 4 nitrogen and oxygen atoms in total. The molecule has 4 heteroatoms. The lowest BCUT2D eigenvalue weighted by Crippen LogP contribution is -2.44. The first-order valence-corrected chi connectivity index (χ1v) is 7.42. The van der Waals surface area contributed by atoms with Gasteiger partial charge in [0.25, 0.3) is 0 Å². The maximum Gasteiger partial charge on any atom is 0.131 e. The Balaban J connectivity index is 2.11. The maximum atomic E-state index is 5.58. The molecule has 112 valence electrons. The Morgan fingerprint density at radius 2 is 2.10 bits per heavy atom. The van der Waals surface area contributed by atoms with Gasteiger partial charge in [0.05, 0.1) is 6.10 Å². The Hall–Kier alpha value is -1.29. The Morgan fingerprint density at radius 1 is 1.35 bits per heavy atom. The number of aromatic nitrogens is 1. The zero-order valence-corrected chi connectivity index (χ0v) is 13.3. The van der Waals surface area contributed by atoms with Crippen molar-refractivity contribution in [3.63, 3.8) is 0 Å². The highest BCUT2D eigenvalue weighted by molar-refractivity contribution is 5.48. The van der Waals surface area contributed by atoms with Crippen molar-refractivity contribution < 1.29 is 4.74 Å². The van der Waals surface area contributed by atoms with E-state index in [1.54, 1.807) is 7.11 Å². The fraction of sp³-hybridized carbons (Fsp3) is 0.688. The molecule has 1 fully saturated rings. The Labute approximate surface area is 122 Å². The maximum absolute atomic E-state index is 5.58. The lowest BCUT2D eigenvalue weighted by atomic mass is 9.96. The van der Waals surface area contributed by atoms with Crippen LogP contribution in [0.4, 0.5) is 11.6 Å². The molecule has 0 spiro atoms. The quantitative estimate of drug-likeness (QED) is 0.921. The minimum absolute atomic E-state index is 0.0249. The fourth-order valence-corrected chi connectivity index (χ4v) is 2.60. The molecule has 0 aliphatic carbocycles. The molecule has 2 unspecified atom stereocenters. The van der Waals surface area contributed by atoms with Gasteiger partial charge in [0, 0.05) is 25.7 Å². The molecule has 1 aliphatic rings. The van der Waals surface area contributed by atoms with Crippen LogP contribution in [0, 0.1) is 5.92 Å². The molecular formula is C16H27N3O. The molecule has 0 bridgehead atoms. The van der Waals surface area contributed by atoms with Crippen LogP contribution in [0.15, 0.2) is 18.2 Å². The predicted molar refractivity (Wildman–Crippen MR) is 84.4 cm³/mol. The third-order valence-electron chi connectivity index (χ3n) is 3.75. The topological polar surface area (TPSA) is 37.4 Å². The van der Waals surface area contributed by atoms with Crippen LogP contribution < -0.4 is 10.2 Å². The van der Waals surface area contributed by atoms with Crippen molar-refractivity contribution in [3.8, 4) is 0 Å². The minimum Gasteiger partial charge on any atom is -0.379 e. The number of anilines is 2. The largest absolute Gasteiger partial charge is 0.379 e. The number of nitrogens with zero attached hydrogens (tertiary/aromatic N) is 2. The number of nitrogens with one attached hydrogen (secondary N) is 1. The molecule has 20 heavy (non-hydrogen) atoms. The summed E-state index contributed by atoms with van der Waals surface area (Å²) < 4.78 is 5.58. The van der Waals surface area contributed by atoms with Gasteiger partial charge >= 0.3 is 0 Å². The average molecular weight is 277 g/mol. The summed E-state index contributed by atoms with van der Waals surface area (Å²) in [7, 11) is 1.80. The molecule has 2 heterocycles. The van der Waals surface area contributed by atoms with Crippen LogP contribution in [0.3, 0.4) is 0 Å². The minimum atomic E-state index is 0.0249. The van der Waals surface area contributed by atoms with E-state index in [0.717, 1.165) is 31.1 Å². The summed E-state index contributed by atoms with van der Waals surface area (Å²) in [5.74, 6) is 2.59. The van der Waals surface area contributed by atoms with Crippen molar-refractivity contribution >= 4 is 11.6 Å². The van der Waals surface area contributed by atoms with Crippen LogP contribution in [0.25, 0.3) is 0 Å². The van der Waals surface area contributed by atoms with Crippen molar-refractivity contribution in [1.82, 2.24) is 4.98 Å².